The van der Waals surface area contributed by atoms with E-state index in [1.165, 1.54) is 12.1 Å². The van der Waals surface area contributed by atoms with Crippen LogP contribution in [0.5, 0.6) is 0 Å². The maximum absolute atomic E-state index is 15.1. The lowest BCUT2D eigenvalue weighted by atomic mass is 9.94. The van der Waals surface area contributed by atoms with Crippen LogP contribution in [0.1, 0.15) is 102 Å². The zero-order valence-corrected chi connectivity index (χ0v) is 24.7. The summed E-state index contributed by atoms with van der Waals surface area (Å²) in [6.07, 6.45) is 7.07. The SMILES string of the molecule is CCC(C)CCCC(NC(=O)c1ccnn1CC)C(=O)Nc1ccc(C(C)CC(=O)N2CCC(C)CC2)cc1F. The summed E-state index contributed by atoms with van der Waals surface area (Å²) < 4.78 is 16.7. The van der Waals surface area contributed by atoms with Crippen molar-refractivity contribution in [2.45, 2.75) is 98.1 Å². The van der Waals surface area contributed by atoms with Crippen LogP contribution in [-0.4, -0.2) is 51.5 Å². The van der Waals surface area contributed by atoms with Crippen molar-refractivity contribution in [3.63, 3.8) is 0 Å². The Labute approximate surface area is 238 Å². The molecule has 8 nitrogen and oxygen atoms in total. The number of aryl methyl sites for hydroxylation is 1. The Bertz CT molecular complexity index is 1140. The zero-order valence-electron chi connectivity index (χ0n) is 24.7. The largest absolute Gasteiger partial charge is 0.343 e. The van der Waals surface area contributed by atoms with Gasteiger partial charge in [-0.05, 0) is 67.7 Å². The van der Waals surface area contributed by atoms with Crippen molar-refractivity contribution < 1.29 is 18.8 Å². The average molecular weight is 556 g/mol. The highest BCUT2D eigenvalue weighted by Gasteiger charge is 2.25. The van der Waals surface area contributed by atoms with Crippen LogP contribution in [0.15, 0.2) is 30.5 Å². The zero-order chi connectivity index (χ0) is 29.2. The molecule has 3 amide bonds. The number of halogens is 1. The summed E-state index contributed by atoms with van der Waals surface area (Å²) in [7, 11) is 0. The highest BCUT2D eigenvalue weighted by Crippen LogP contribution is 2.26. The highest BCUT2D eigenvalue weighted by atomic mass is 19.1. The van der Waals surface area contributed by atoms with Crippen LogP contribution in [-0.2, 0) is 16.1 Å². The van der Waals surface area contributed by atoms with Crippen molar-refractivity contribution in [2.24, 2.45) is 11.8 Å². The van der Waals surface area contributed by atoms with E-state index in [2.05, 4.69) is 36.5 Å². The van der Waals surface area contributed by atoms with Gasteiger partial charge in [0.15, 0.2) is 0 Å². The standard InChI is InChI=1S/C31H46FN5O3/c1-6-21(3)9-8-10-27(35-31(40)28-13-16-33-37(28)7-2)30(39)34-26-12-11-24(20-25(26)32)23(5)19-29(38)36-17-14-22(4)15-18-36/h11-13,16,20-23,27H,6-10,14-15,17-19H2,1-5H3,(H,34,39)(H,35,40). The molecule has 1 aromatic carbocycles. The molecule has 0 bridgehead atoms. The Hall–Kier alpha value is -3.23. The van der Waals surface area contributed by atoms with Gasteiger partial charge in [0, 0.05) is 32.3 Å². The van der Waals surface area contributed by atoms with Crippen LogP contribution in [0.2, 0.25) is 0 Å². The minimum Gasteiger partial charge on any atom is -0.343 e. The van der Waals surface area contributed by atoms with Crippen LogP contribution >= 0.6 is 0 Å². The van der Waals surface area contributed by atoms with E-state index in [1.807, 2.05) is 18.7 Å². The van der Waals surface area contributed by atoms with Crippen molar-refractivity contribution in [2.75, 3.05) is 18.4 Å². The molecule has 2 heterocycles. The molecule has 0 saturated carbocycles. The number of hydrogen-bond donors (Lipinski definition) is 2. The lowest BCUT2D eigenvalue weighted by molar-refractivity contribution is -0.132. The topological polar surface area (TPSA) is 96.3 Å². The Morgan fingerprint density at radius 2 is 1.82 bits per heavy atom. The van der Waals surface area contributed by atoms with Crippen LogP contribution in [0, 0.1) is 17.7 Å². The fraction of sp³-hybridized carbons (Fsp3) is 0.613. The number of aromatic nitrogens is 2. The minimum absolute atomic E-state index is 0.0528. The molecule has 2 N–H and O–H groups in total. The van der Waals surface area contributed by atoms with Gasteiger partial charge in [0.2, 0.25) is 11.8 Å². The maximum atomic E-state index is 15.1. The number of benzene rings is 1. The van der Waals surface area contributed by atoms with E-state index < -0.39 is 17.8 Å². The second kappa shape index (κ2) is 15.0. The number of nitrogens with zero attached hydrogens (tertiary/aromatic N) is 3. The number of rotatable bonds is 13. The number of likely N-dealkylation sites (tertiary alicyclic amines) is 1. The van der Waals surface area contributed by atoms with Gasteiger partial charge < -0.3 is 15.5 Å². The molecule has 220 valence electrons. The molecule has 3 unspecified atom stereocenters. The molecule has 1 aromatic heterocycles. The Kier molecular flexibility index (Phi) is 11.7. The quantitative estimate of drug-likeness (QED) is 0.329. The number of piperidine rings is 1. The predicted octanol–water partition coefficient (Wildman–Crippen LogP) is 5.75. The predicted molar refractivity (Wildman–Crippen MR) is 156 cm³/mol. The number of amides is 3. The van der Waals surface area contributed by atoms with E-state index in [9.17, 15) is 14.4 Å². The van der Waals surface area contributed by atoms with Crippen LogP contribution in [0.3, 0.4) is 0 Å². The van der Waals surface area contributed by atoms with Gasteiger partial charge in [-0.2, -0.15) is 5.10 Å². The first kappa shape index (κ1) is 31.3. The van der Waals surface area contributed by atoms with Crippen molar-refractivity contribution in [1.82, 2.24) is 20.0 Å². The molecule has 1 saturated heterocycles. The lowest BCUT2D eigenvalue weighted by Gasteiger charge is -2.31. The third-order valence-corrected chi connectivity index (χ3v) is 8.19. The number of carbonyl (C=O) groups excluding carboxylic acids is 3. The van der Waals surface area contributed by atoms with Gasteiger partial charge in [-0.15, -0.1) is 0 Å². The van der Waals surface area contributed by atoms with E-state index in [-0.39, 0.29) is 23.4 Å². The van der Waals surface area contributed by atoms with Crippen molar-refractivity contribution in [3.05, 3.63) is 47.5 Å². The van der Waals surface area contributed by atoms with Crippen molar-refractivity contribution >= 4 is 23.4 Å². The minimum atomic E-state index is -0.820. The lowest BCUT2D eigenvalue weighted by Crippen LogP contribution is -2.44. The summed E-state index contributed by atoms with van der Waals surface area (Å²) in [5.41, 5.74) is 1.14. The first-order valence-corrected chi connectivity index (χ1v) is 14.8. The molecule has 1 aliphatic rings. The van der Waals surface area contributed by atoms with E-state index in [4.69, 9.17) is 0 Å². The average Bonchev–Trinajstić information content (AvgIpc) is 3.43. The van der Waals surface area contributed by atoms with Gasteiger partial charge in [0.05, 0.1) is 5.69 Å². The summed E-state index contributed by atoms with van der Waals surface area (Å²) in [6.45, 7) is 12.4. The molecule has 1 aliphatic heterocycles. The number of anilines is 1. The van der Waals surface area contributed by atoms with Crippen LogP contribution in [0.4, 0.5) is 10.1 Å². The summed E-state index contributed by atoms with van der Waals surface area (Å²) in [5, 5.41) is 9.65. The van der Waals surface area contributed by atoms with Gasteiger partial charge in [0.1, 0.15) is 17.6 Å². The molecular formula is C31H46FN5O3. The fourth-order valence-electron chi connectivity index (χ4n) is 5.08. The summed E-state index contributed by atoms with van der Waals surface area (Å²) >= 11 is 0. The molecule has 9 heteroatoms. The number of carbonyl (C=O) groups is 3. The number of nitrogens with one attached hydrogen (secondary N) is 2. The van der Waals surface area contributed by atoms with Gasteiger partial charge in [-0.3, -0.25) is 19.1 Å². The van der Waals surface area contributed by atoms with E-state index in [0.29, 0.717) is 42.5 Å². The molecule has 40 heavy (non-hydrogen) atoms. The summed E-state index contributed by atoms with van der Waals surface area (Å²) in [4.78, 5) is 40.9. The van der Waals surface area contributed by atoms with Gasteiger partial charge in [-0.25, -0.2) is 4.39 Å². The van der Waals surface area contributed by atoms with Crippen molar-refractivity contribution in [3.8, 4) is 0 Å². The summed E-state index contributed by atoms with van der Waals surface area (Å²) in [6, 6.07) is 5.48. The van der Waals surface area contributed by atoms with Crippen molar-refractivity contribution in [1.29, 1.82) is 0 Å². The van der Waals surface area contributed by atoms with Gasteiger partial charge in [0.25, 0.3) is 5.91 Å². The molecule has 0 aliphatic carbocycles. The smallest absolute Gasteiger partial charge is 0.270 e. The monoisotopic (exact) mass is 555 g/mol. The molecule has 3 atom stereocenters. The van der Waals surface area contributed by atoms with E-state index >= 15 is 4.39 Å². The molecule has 3 rings (SSSR count). The fourth-order valence-corrected chi connectivity index (χ4v) is 5.08. The Balaban J connectivity index is 1.65. The normalized spacial score (nSPS) is 16.3. The third-order valence-electron chi connectivity index (χ3n) is 8.19. The summed E-state index contributed by atoms with van der Waals surface area (Å²) in [5.74, 6) is -0.315. The second-order valence-electron chi connectivity index (χ2n) is 11.4. The number of hydrogen-bond acceptors (Lipinski definition) is 4. The molecular weight excluding hydrogens is 509 g/mol. The van der Waals surface area contributed by atoms with Gasteiger partial charge in [-0.1, -0.05) is 53.0 Å². The second-order valence-corrected chi connectivity index (χ2v) is 11.4. The maximum Gasteiger partial charge on any atom is 0.270 e. The first-order valence-electron chi connectivity index (χ1n) is 14.8. The van der Waals surface area contributed by atoms with Crippen LogP contribution < -0.4 is 10.6 Å². The molecule has 1 fully saturated rings. The van der Waals surface area contributed by atoms with E-state index in [1.54, 1.807) is 23.0 Å². The molecule has 0 spiro atoms. The Morgan fingerprint density at radius 1 is 1.10 bits per heavy atom. The first-order chi connectivity index (χ1) is 19.1. The molecule has 0 radical (unpaired) electrons. The third kappa shape index (κ3) is 8.63. The van der Waals surface area contributed by atoms with Gasteiger partial charge >= 0.3 is 0 Å². The Morgan fingerprint density at radius 3 is 2.48 bits per heavy atom. The highest BCUT2D eigenvalue weighted by molar-refractivity contribution is 6.00. The van der Waals surface area contributed by atoms with E-state index in [0.717, 1.165) is 45.2 Å². The molecule has 2 aromatic rings. The van der Waals surface area contributed by atoms with Crippen LogP contribution in [0.25, 0.3) is 0 Å².